The van der Waals surface area contributed by atoms with Gasteiger partial charge in [-0.25, -0.2) is 4.79 Å². The van der Waals surface area contributed by atoms with E-state index in [1.165, 1.54) is 6.26 Å². The first-order valence-corrected chi connectivity index (χ1v) is 7.70. The van der Waals surface area contributed by atoms with Gasteiger partial charge in [0.15, 0.2) is 0 Å². The highest BCUT2D eigenvalue weighted by Gasteiger charge is 2.25. The molecule has 2 N–H and O–H groups in total. The van der Waals surface area contributed by atoms with Crippen LogP contribution < -0.4 is 10.6 Å². The van der Waals surface area contributed by atoms with Crippen LogP contribution in [0.4, 0.5) is 4.79 Å². The Morgan fingerprint density at radius 1 is 1.12 bits per heavy atom. The maximum Gasteiger partial charge on any atom is 0.408 e. The van der Waals surface area contributed by atoms with E-state index in [2.05, 4.69) is 10.6 Å². The third-order valence-corrected chi connectivity index (χ3v) is 3.07. The summed E-state index contributed by atoms with van der Waals surface area (Å²) < 4.78 is 10.4. The molecule has 1 aromatic carbocycles. The molecular formula is C18H22N2O4. The molecule has 1 atom stereocenters. The third-order valence-electron chi connectivity index (χ3n) is 3.07. The van der Waals surface area contributed by atoms with Crippen LogP contribution >= 0.6 is 0 Å². The summed E-state index contributed by atoms with van der Waals surface area (Å²) in [5.41, 5.74) is 0.0241. The van der Waals surface area contributed by atoms with E-state index in [4.69, 9.17) is 9.15 Å². The number of amides is 2. The lowest BCUT2D eigenvalue weighted by Gasteiger charge is -2.23. The van der Waals surface area contributed by atoms with Gasteiger partial charge >= 0.3 is 6.09 Å². The predicted octanol–water partition coefficient (Wildman–Crippen LogP) is 3.16. The van der Waals surface area contributed by atoms with Gasteiger partial charge in [-0.05, 0) is 38.5 Å². The fraction of sp³-hybridized carbons (Fsp3) is 0.333. The molecule has 1 unspecified atom stereocenters. The maximum atomic E-state index is 12.5. The fourth-order valence-corrected chi connectivity index (χ4v) is 2.06. The van der Waals surface area contributed by atoms with Crippen molar-refractivity contribution in [2.24, 2.45) is 0 Å². The number of hydrogen-bond acceptors (Lipinski definition) is 4. The van der Waals surface area contributed by atoms with Gasteiger partial charge in [-0.1, -0.05) is 30.3 Å². The van der Waals surface area contributed by atoms with Crippen molar-refractivity contribution in [1.29, 1.82) is 0 Å². The van der Waals surface area contributed by atoms with Crippen LogP contribution in [0, 0.1) is 0 Å². The second kappa shape index (κ2) is 7.68. The van der Waals surface area contributed by atoms with Crippen LogP contribution in [0.2, 0.25) is 0 Å². The standard InChI is InChI=1S/C18H22N2O4/c1-18(2,3)24-17(22)20-15(13-8-5-4-6-9-13)16(21)19-12-14-10-7-11-23-14/h4-11,15H,12H2,1-3H3,(H,19,21)(H,20,22). The van der Waals surface area contributed by atoms with E-state index in [-0.39, 0.29) is 12.5 Å². The second-order valence-electron chi connectivity index (χ2n) is 6.29. The van der Waals surface area contributed by atoms with Gasteiger partial charge in [-0.2, -0.15) is 0 Å². The molecule has 6 nitrogen and oxygen atoms in total. The predicted molar refractivity (Wildman–Crippen MR) is 89.1 cm³/mol. The molecule has 0 aliphatic carbocycles. The topological polar surface area (TPSA) is 80.6 Å². The number of ether oxygens (including phenoxy) is 1. The van der Waals surface area contributed by atoms with E-state index in [1.807, 2.05) is 6.07 Å². The minimum Gasteiger partial charge on any atom is -0.467 e. The van der Waals surface area contributed by atoms with Crippen LogP contribution in [0.5, 0.6) is 0 Å². The molecule has 0 bridgehead atoms. The van der Waals surface area contributed by atoms with E-state index in [9.17, 15) is 9.59 Å². The van der Waals surface area contributed by atoms with E-state index in [1.54, 1.807) is 57.2 Å². The Morgan fingerprint density at radius 3 is 2.42 bits per heavy atom. The number of carbonyl (C=O) groups is 2. The highest BCUT2D eigenvalue weighted by atomic mass is 16.6. The van der Waals surface area contributed by atoms with Gasteiger partial charge in [-0.3, -0.25) is 4.79 Å². The molecule has 6 heteroatoms. The van der Waals surface area contributed by atoms with Gasteiger partial charge in [0, 0.05) is 0 Å². The van der Waals surface area contributed by atoms with Crippen molar-refractivity contribution in [3.8, 4) is 0 Å². The zero-order valence-electron chi connectivity index (χ0n) is 14.0. The van der Waals surface area contributed by atoms with Crippen LogP contribution in [-0.4, -0.2) is 17.6 Å². The highest BCUT2D eigenvalue weighted by molar-refractivity contribution is 5.86. The molecule has 0 fully saturated rings. The zero-order valence-corrected chi connectivity index (χ0v) is 14.0. The summed E-state index contributed by atoms with van der Waals surface area (Å²) in [5.74, 6) is 0.288. The van der Waals surface area contributed by atoms with Crippen LogP contribution in [0.15, 0.2) is 53.1 Å². The summed E-state index contributed by atoms with van der Waals surface area (Å²) in [4.78, 5) is 24.6. The molecule has 1 heterocycles. The van der Waals surface area contributed by atoms with E-state index < -0.39 is 17.7 Å². The van der Waals surface area contributed by atoms with Gasteiger partial charge in [0.25, 0.3) is 0 Å². The third kappa shape index (κ3) is 5.46. The molecule has 128 valence electrons. The lowest BCUT2D eigenvalue weighted by atomic mass is 10.1. The molecule has 1 aromatic heterocycles. The molecule has 2 amide bonds. The van der Waals surface area contributed by atoms with E-state index >= 15 is 0 Å². The number of nitrogens with one attached hydrogen (secondary N) is 2. The number of furan rings is 1. The Balaban J connectivity index is 2.07. The van der Waals surface area contributed by atoms with Gasteiger partial charge in [0.1, 0.15) is 17.4 Å². The molecule has 0 aliphatic heterocycles. The van der Waals surface area contributed by atoms with Crippen LogP contribution in [0.1, 0.15) is 38.1 Å². The smallest absolute Gasteiger partial charge is 0.408 e. The SMILES string of the molecule is CC(C)(C)OC(=O)NC(C(=O)NCc1ccco1)c1ccccc1. The summed E-state index contributed by atoms with van der Waals surface area (Å²) >= 11 is 0. The summed E-state index contributed by atoms with van der Waals surface area (Å²) in [7, 11) is 0. The average molecular weight is 330 g/mol. The Labute approximate surface area is 141 Å². The lowest BCUT2D eigenvalue weighted by Crippen LogP contribution is -2.42. The van der Waals surface area contributed by atoms with E-state index in [0.717, 1.165) is 0 Å². The summed E-state index contributed by atoms with van der Waals surface area (Å²) in [6, 6.07) is 11.7. The minimum absolute atomic E-state index is 0.241. The van der Waals surface area contributed by atoms with Gasteiger partial charge in [-0.15, -0.1) is 0 Å². The molecule has 24 heavy (non-hydrogen) atoms. The van der Waals surface area contributed by atoms with Gasteiger partial charge < -0.3 is 19.8 Å². The van der Waals surface area contributed by atoms with Gasteiger partial charge in [0.2, 0.25) is 5.91 Å². The van der Waals surface area contributed by atoms with Crippen LogP contribution in [-0.2, 0) is 16.1 Å². The monoisotopic (exact) mass is 330 g/mol. The molecule has 2 rings (SSSR count). The second-order valence-corrected chi connectivity index (χ2v) is 6.29. The van der Waals surface area contributed by atoms with Crippen molar-refractivity contribution in [1.82, 2.24) is 10.6 Å². The van der Waals surface area contributed by atoms with Crippen molar-refractivity contribution in [3.05, 3.63) is 60.1 Å². The first kappa shape index (κ1) is 17.6. The Hall–Kier alpha value is -2.76. The number of benzene rings is 1. The zero-order chi connectivity index (χ0) is 17.6. The lowest BCUT2D eigenvalue weighted by molar-refractivity contribution is -0.123. The highest BCUT2D eigenvalue weighted by Crippen LogP contribution is 2.15. The molecule has 0 saturated carbocycles. The van der Waals surface area contributed by atoms with Crippen LogP contribution in [0.25, 0.3) is 0 Å². The van der Waals surface area contributed by atoms with Crippen molar-refractivity contribution >= 4 is 12.0 Å². The average Bonchev–Trinajstić information content (AvgIpc) is 3.03. The number of rotatable bonds is 5. The molecule has 0 aliphatic rings. The molecule has 0 radical (unpaired) electrons. The first-order valence-electron chi connectivity index (χ1n) is 7.70. The Morgan fingerprint density at radius 2 is 1.83 bits per heavy atom. The first-order chi connectivity index (χ1) is 11.3. The number of alkyl carbamates (subject to hydrolysis) is 1. The Kier molecular flexibility index (Phi) is 5.63. The summed E-state index contributed by atoms with van der Waals surface area (Å²) in [5, 5.41) is 5.36. The normalized spacial score (nSPS) is 12.3. The van der Waals surface area contributed by atoms with Crippen LogP contribution in [0.3, 0.4) is 0 Å². The Bertz CT molecular complexity index is 660. The van der Waals surface area contributed by atoms with Crippen molar-refractivity contribution in [2.75, 3.05) is 0 Å². The summed E-state index contributed by atoms with van der Waals surface area (Å²) in [6.07, 6.45) is 0.888. The molecular weight excluding hydrogens is 308 g/mol. The fourth-order valence-electron chi connectivity index (χ4n) is 2.06. The molecule has 0 spiro atoms. The minimum atomic E-state index is -0.851. The van der Waals surface area contributed by atoms with Crippen molar-refractivity contribution < 1.29 is 18.7 Å². The largest absolute Gasteiger partial charge is 0.467 e. The molecule has 2 aromatic rings. The van der Waals surface area contributed by atoms with Gasteiger partial charge in [0.05, 0.1) is 12.8 Å². The van der Waals surface area contributed by atoms with Crippen molar-refractivity contribution in [3.63, 3.8) is 0 Å². The molecule has 0 saturated heterocycles. The summed E-state index contributed by atoms with van der Waals surface area (Å²) in [6.45, 7) is 5.54. The number of hydrogen-bond donors (Lipinski definition) is 2. The maximum absolute atomic E-state index is 12.5. The quantitative estimate of drug-likeness (QED) is 0.882. The van der Waals surface area contributed by atoms with Crippen molar-refractivity contribution in [2.45, 2.75) is 39.0 Å². The van der Waals surface area contributed by atoms with E-state index in [0.29, 0.717) is 11.3 Å². The number of carbonyl (C=O) groups excluding carboxylic acids is 2.